The van der Waals surface area contributed by atoms with Crippen molar-refractivity contribution in [3.8, 4) is 17.1 Å². The van der Waals surface area contributed by atoms with Crippen molar-refractivity contribution in [3.05, 3.63) is 77.6 Å². The summed E-state index contributed by atoms with van der Waals surface area (Å²) in [5.41, 5.74) is 0.677. The molecule has 1 atom stereocenters. The molecule has 1 heterocycles. The Morgan fingerprint density at radius 2 is 1.83 bits per heavy atom. The van der Waals surface area contributed by atoms with Crippen LogP contribution in [0.25, 0.3) is 22.2 Å². The summed E-state index contributed by atoms with van der Waals surface area (Å²) in [5, 5.41) is 6.52. The first-order valence-corrected chi connectivity index (χ1v) is 9.87. The Hall–Kier alpha value is -3.38. The summed E-state index contributed by atoms with van der Waals surface area (Å²) >= 11 is 6.18. The van der Waals surface area contributed by atoms with Crippen LogP contribution in [0.1, 0.15) is 12.8 Å². The Bertz CT molecular complexity index is 1190. The van der Waals surface area contributed by atoms with Gasteiger partial charge in [-0.05, 0) is 30.5 Å². The van der Waals surface area contributed by atoms with E-state index in [9.17, 15) is 4.79 Å². The maximum atomic E-state index is 12.8. The average molecular weight is 422 g/mol. The quantitative estimate of drug-likeness (QED) is 0.439. The zero-order valence-electron chi connectivity index (χ0n) is 16.6. The lowest BCUT2D eigenvalue weighted by molar-refractivity contribution is -0.137. The standard InChI is InChI=1S/C23H20ClN3O3/c1-15(29-20-13-7-9-16-8-3-4-10-17(16)20)23(28)27(2)14-21-25-22(26-30-21)18-11-5-6-12-19(18)24/h3-13,15H,14H2,1-2H3. The van der Waals surface area contributed by atoms with Gasteiger partial charge in [-0.15, -0.1) is 0 Å². The van der Waals surface area contributed by atoms with Gasteiger partial charge >= 0.3 is 0 Å². The van der Waals surface area contributed by atoms with Crippen molar-refractivity contribution in [3.63, 3.8) is 0 Å². The van der Waals surface area contributed by atoms with Gasteiger partial charge in [0.2, 0.25) is 11.7 Å². The van der Waals surface area contributed by atoms with Crippen LogP contribution in [-0.4, -0.2) is 34.1 Å². The summed E-state index contributed by atoms with van der Waals surface area (Å²) in [7, 11) is 1.67. The Balaban J connectivity index is 1.44. The zero-order chi connectivity index (χ0) is 21.1. The van der Waals surface area contributed by atoms with Crippen LogP contribution in [0.5, 0.6) is 5.75 Å². The molecule has 152 valence electrons. The van der Waals surface area contributed by atoms with Crippen LogP contribution in [0.4, 0.5) is 0 Å². The molecule has 0 aliphatic rings. The highest BCUT2D eigenvalue weighted by Crippen LogP contribution is 2.27. The fraction of sp³-hybridized carbons (Fsp3) is 0.174. The summed E-state index contributed by atoms with van der Waals surface area (Å²) < 4.78 is 11.3. The summed E-state index contributed by atoms with van der Waals surface area (Å²) in [6.45, 7) is 1.89. The van der Waals surface area contributed by atoms with Crippen LogP contribution in [0.2, 0.25) is 5.02 Å². The number of carbonyl (C=O) groups is 1. The normalized spacial score (nSPS) is 12.0. The van der Waals surface area contributed by atoms with Crippen molar-refractivity contribution in [1.82, 2.24) is 15.0 Å². The molecular weight excluding hydrogens is 402 g/mol. The van der Waals surface area contributed by atoms with Crippen molar-refractivity contribution < 1.29 is 14.1 Å². The third-order valence-corrected chi connectivity index (χ3v) is 5.06. The van der Waals surface area contributed by atoms with Gasteiger partial charge in [-0.1, -0.05) is 65.3 Å². The lowest BCUT2D eigenvalue weighted by Crippen LogP contribution is -2.37. The molecule has 30 heavy (non-hydrogen) atoms. The fourth-order valence-electron chi connectivity index (χ4n) is 3.20. The molecule has 0 aliphatic heterocycles. The number of halogens is 1. The summed E-state index contributed by atoms with van der Waals surface area (Å²) in [4.78, 5) is 18.7. The summed E-state index contributed by atoms with van der Waals surface area (Å²) in [5.74, 6) is 1.18. The van der Waals surface area contributed by atoms with Crippen molar-refractivity contribution in [1.29, 1.82) is 0 Å². The highest BCUT2D eigenvalue weighted by molar-refractivity contribution is 6.33. The molecule has 6 nitrogen and oxygen atoms in total. The highest BCUT2D eigenvalue weighted by Gasteiger charge is 2.22. The topological polar surface area (TPSA) is 68.5 Å². The summed E-state index contributed by atoms with van der Waals surface area (Å²) in [6.07, 6.45) is -0.674. The Morgan fingerprint density at radius 3 is 2.67 bits per heavy atom. The molecule has 0 saturated heterocycles. The first-order valence-electron chi connectivity index (χ1n) is 9.50. The average Bonchev–Trinajstić information content (AvgIpc) is 3.22. The molecule has 0 spiro atoms. The molecule has 0 saturated carbocycles. The van der Waals surface area contributed by atoms with Gasteiger partial charge in [0.1, 0.15) is 5.75 Å². The van der Waals surface area contributed by atoms with E-state index in [-0.39, 0.29) is 12.5 Å². The van der Waals surface area contributed by atoms with E-state index in [4.69, 9.17) is 20.9 Å². The second-order valence-corrected chi connectivity index (χ2v) is 7.33. The fourth-order valence-corrected chi connectivity index (χ4v) is 3.42. The second-order valence-electron chi connectivity index (χ2n) is 6.92. The lowest BCUT2D eigenvalue weighted by Gasteiger charge is -2.21. The van der Waals surface area contributed by atoms with Gasteiger partial charge in [0.15, 0.2) is 6.10 Å². The molecule has 1 unspecified atom stereocenters. The van der Waals surface area contributed by atoms with E-state index in [2.05, 4.69) is 10.1 Å². The number of benzene rings is 3. The number of ether oxygens (including phenoxy) is 1. The molecule has 0 fully saturated rings. The molecule has 4 aromatic rings. The number of fused-ring (bicyclic) bond motifs is 1. The van der Waals surface area contributed by atoms with Crippen LogP contribution in [-0.2, 0) is 11.3 Å². The maximum Gasteiger partial charge on any atom is 0.263 e. The first kappa shape index (κ1) is 19.9. The van der Waals surface area contributed by atoms with Crippen LogP contribution in [0.15, 0.2) is 71.3 Å². The SMILES string of the molecule is CC(Oc1cccc2ccccc12)C(=O)N(C)Cc1nc(-c2ccccc2Cl)no1. The molecule has 0 radical (unpaired) electrons. The van der Waals surface area contributed by atoms with Gasteiger partial charge in [-0.3, -0.25) is 4.79 Å². The van der Waals surface area contributed by atoms with Gasteiger partial charge in [0.05, 0.1) is 11.6 Å². The smallest absolute Gasteiger partial charge is 0.263 e. The van der Waals surface area contributed by atoms with E-state index in [1.807, 2.05) is 60.7 Å². The van der Waals surface area contributed by atoms with Crippen LogP contribution >= 0.6 is 11.6 Å². The number of carbonyl (C=O) groups excluding carboxylic acids is 1. The maximum absolute atomic E-state index is 12.8. The van der Waals surface area contributed by atoms with Gasteiger partial charge in [0.25, 0.3) is 5.91 Å². The van der Waals surface area contributed by atoms with E-state index in [0.717, 1.165) is 10.8 Å². The number of nitrogens with zero attached hydrogens (tertiary/aromatic N) is 3. The van der Waals surface area contributed by atoms with E-state index < -0.39 is 6.10 Å². The Morgan fingerprint density at radius 1 is 1.10 bits per heavy atom. The van der Waals surface area contributed by atoms with E-state index in [0.29, 0.717) is 28.1 Å². The number of hydrogen-bond acceptors (Lipinski definition) is 5. The Kier molecular flexibility index (Phi) is 5.68. The van der Waals surface area contributed by atoms with Gasteiger partial charge in [0, 0.05) is 18.0 Å². The number of rotatable bonds is 6. The number of hydrogen-bond donors (Lipinski definition) is 0. The molecular formula is C23H20ClN3O3. The minimum absolute atomic E-state index is 0.166. The minimum atomic E-state index is -0.674. The monoisotopic (exact) mass is 421 g/mol. The number of amides is 1. The van der Waals surface area contributed by atoms with E-state index in [1.54, 1.807) is 20.0 Å². The van der Waals surface area contributed by atoms with Gasteiger partial charge in [-0.2, -0.15) is 4.98 Å². The highest BCUT2D eigenvalue weighted by atomic mass is 35.5. The predicted molar refractivity (Wildman–Crippen MR) is 115 cm³/mol. The molecule has 7 heteroatoms. The molecule has 0 aliphatic carbocycles. The minimum Gasteiger partial charge on any atom is -0.480 e. The third-order valence-electron chi connectivity index (χ3n) is 4.73. The van der Waals surface area contributed by atoms with Crippen molar-refractivity contribution in [2.75, 3.05) is 7.05 Å². The van der Waals surface area contributed by atoms with Crippen LogP contribution < -0.4 is 4.74 Å². The van der Waals surface area contributed by atoms with Gasteiger partial charge in [-0.25, -0.2) is 0 Å². The van der Waals surface area contributed by atoms with Gasteiger partial charge < -0.3 is 14.2 Å². The van der Waals surface area contributed by atoms with E-state index in [1.165, 1.54) is 4.90 Å². The molecule has 0 bridgehead atoms. The van der Waals surface area contributed by atoms with Crippen molar-refractivity contribution in [2.45, 2.75) is 19.6 Å². The molecule has 1 aromatic heterocycles. The van der Waals surface area contributed by atoms with Crippen molar-refractivity contribution >= 4 is 28.3 Å². The largest absolute Gasteiger partial charge is 0.480 e. The zero-order valence-corrected chi connectivity index (χ0v) is 17.3. The van der Waals surface area contributed by atoms with E-state index >= 15 is 0 Å². The molecule has 1 amide bonds. The predicted octanol–water partition coefficient (Wildman–Crippen LogP) is 4.97. The van der Waals surface area contributed by atoms with Crippen LogP contribution in [0, 0.1) is 0 Å². The molecule has 4 rings (SSSR count). The van der Waals surface area contributed by atoms with Crippen molar-refractivity contribution in [2.24, 2.45) is 0 Å². The summed E-state index contributed by atoms with van der Waals surface area (Å²) in [6, 6.07) is 20.9. The number of likely N-dealkylation sites (N-methyl/N-ethyl adjacent to an activating group) is 1. The molecule has 0 N–H and O–H groups in total. The lowest BCUT2D eigenvalue weighted by atomic mass is 10.1. The number of aromatic nitrogens is 2. The molecule has 3 aromatic carbocycles. The Labute approximate surface area is 179 Å². The third kappa shape index (κ3) is 4.14. The van der Waals surface area contributed by atoms with Crippen LogP contribution in [0.3, 0.4) is 0 Å². The first-order chi connectivity index (χ1) is 14.5. The second kappa shape index (κ2) is 8.55.